The Bertz CT molecular complexity index is 183. The van der Waals surface area contributed by atoms with E-state index in [1.165, 1.54) is 0 Å². The molecule has 2 nitrogen and oxygen atoms in total. The number of aliphatic hydroxyl groups excluding tert-OH is 2. The summed E-state index contributed by atoms with van der Waals surface area (Å²) in [6.45, 7) is 4.27. The van der Waals surface area contributed by atoms with Crippen LogP contribution in [0, 0.1) is 11.8 Å². The van der Waals surface area contributed by atoms with Crippen LogP contribution in [0.5, 0.6) is 0 Å². The maximum atomic E-state index is 9.51. The third kappa shape index (κ3) is 10.0. The van der Waals surface area contributed by atoms with Crippen molar-refractivity contribution in [2.75, 3.05) is 0 Å². The van der Waals surface area contributed by atoms with E-state index in [1.54, 1.807) is 0 Å². The van der Waals surface area contributed by atoms with Gasteiger partial charge in [0.15, 0.2) is 0 Å². The Morgan fingerprint density at radius 2 is 1.12 bits per heavy atom. The Morgan fingerprint density at radius 1 is 0.750 bits per heavy atom. The summed E-state index contributed by atoms with van der Waals surface area (Å²) < 4.78 is 0. The minimum Gasteiger partial charge on any atom is -0.380 e. The first kappa shape index (κ1) is 15.5. The number of hydrogen-bond acceptors (Lipinski definition) is 2. The van der Waals surface area contributed by atoms with E-state index in [0.717, 1.165) is 51.4 Å². The largest absolute Gasteiger partial charge is 0.380 e. The molecule has 0 bridgehead atoms. The number of unbranched alkanes of at least 4 members (excludes halogenated alkanes) is 4. The molecule has 2 N–H and O–H groups in total. The zero-order valence-electron chi connectivity index (χ0n) is 10.7. The highest BCUT2D eigenvalue weighted by Crippen LogP contribution is 2.04. The Hall–Kier alpha value is -0.520. The maximum Gasteiger partial charge on any atom is 0.114 e. The first-order valence-electron chi connectivity index (χ1n) is 6.57. The molecule has 2 heteroatoms. The molecule has 0 fully saturated rings. The lowest BCUT2D eigenvalue weighted by Crippen LogP contribution is -2.07. The molecule has 0 amide bonds. The molecule has 0 aromatic rings. The fourth-order valence-corrected chi connectivity index (χ4v) is 1.51. The molecular weight excluding hydrogens is 200 g/mol. The van der Waals surface area contributed by atoms with Crippen LogP contribution in [0.15, 0.2) is 0 Å². The smallest absolute Gasteiger partial charge is 0.114 e. The van der Waals surface area contributed by atoms with Gasteiger partial charge in [0.1, 0.15) is 12.2 Å². The van der Waals surface area contributed by atoms with Crippen LogP contribution in [0.4, 0.5) is 0 Å². The summed E-state index contributed by atoms with van der Waals surface area (Å²) in [5, 5.41) is 19.0. The third-order valence-electron chi connectivity index (χ3n) is 2.58. The molecule has 0 spiro atoms. The number of hydrogen-bond donors (Lipinski definition) is 2. The van der Waals surface area contributed by atoms with Crippen molar-refractivity contribution in [3.8, 4) is 11.8 Å². The fourth-order valence-electron chi connectivity index (χ4n) is 1.51. The van der Waals surface area contributed by atoms with Crippen molar-refractivity contribution in [2.45, 2.75) is 77.4 Å². The van der Waals surface area contributed by atoms with Crippen molar-refractivity contribution in [1.29, 1.82) is 0 Å². The van der Waals surface area contributed by atoms with Gasteiger partial charge in [0.25, 0.3) is 0 Å². The molecule has 0 rings (SSSR count). The van der Waals surface area contributed by atoms with Crippen molar-refractivity contribution in [3.63, 3.8) is 0 Å². The molecule has 2 atom stereocenters. The van der Waals surface area contributed by atoms with Crippen LogP contribution in [0.1, 0.15) is 65.2 Å². The number of rotatable bonds is 8. The lowest BCUT2D eigenvalue weighted by molar-refractivity contribution is 0.207. The van der Waals surface area contributed by atoms with Crippen molar-refractivity contribution >= 4 is 0 Å². The Kier molecular flexibility index (Phi) is 10.6. The highest BCUT2D eigenvalue weighted by molar-refractivity contribution is 5.08. The van der Waals surface area contributed by atoms with Gasteiger partial charge in [-0.1, -0.05) is 51.4 Å². The summed E-state index contributed by atoms with van der Waals surface area (Å²) in [6.07, 6.45) is 6.93. The predicted octanol–water partition coefficient (Wildman–Crippen LogP) is 2.87. The van der Waals surface area contributed by atoms with E-state index < -0.39 is 12.2 Å². The van der Waals surface area contributed by atoms with Gasteiger partial charge in [0.05, 0.1) is 0 Å². The maximum absolute atomic E-state index is 9.51. The molecule has 0 radical (unpaired) electrons. The van der Waals surface area contributed by atoms with Crippen molar-refractivity contribution in [2.24, 2.45) is 0 Å². The highest BCUT2D eigenvalue weighted by Gasteiger charge is 2.01. The Balaban J connectivity index is 3.62. The van der Waals surface area contributed by atoms with Crippen molar-refractivity contribution in [3.05, 3.63) is 0 Å². The normalized spacial score (nSPS) is 14.0. The van der Waals surface area contributed by atoms with Crippen LogP contribution >= 0.6 is 0 Å². The molecule has 0 unspecified atom stereocenters. The van der Waals surface area contributed by atoms with Gasteiger partial charge in [-0.3, -0.25) is 0 Å². The summed E-state index contributed by atoms with van der Waals surface area (Å²) >= 11 is 0. The first-order valence-corrected chi connectivity index (χ1v) is 6.57. The standard InChI is InChI=1S/C14H26O2/c1-3-5-7-9-13(15)11-12-14(16)10-8-6-4-2/h13-16H,3-10H2,1-2H3/t13-,14-/m0/s1. The van der Waals surface area contributed by atoms with Gasteiger partial charge in [-0.25, -0.2) is 0 Å². The summed E-state index contributed by atoms with van der Waals surface area (Å²) in [5.74, 6) is 5.45. The van der Waals surface area contributed by atoms with Crippen LogP contribution in [0.2, 0.25) is 0 Å². The van der Waals surface area contributed by atoms with Gasteiger partial charge in [-0.2, -0.15) is 0 Å². The fraction of sp³-hybridized carbons (Fsp3) is 0.857. The molecule has 16 heavy (non-hydrogen) atoms. The second-order valence-corrected chi connectivity index (χ2v) is 4.31. The predicted molar refractivity (Wildman–Crippen MR) is 68.1 cm³/mol. The van der Waals surface area contributed by atoms with Gasteiger partial charge in [0, 0.05) is 0 Å². The van der Waals surface area contributed by atoms with Gasteiger partial charge in [-0.15, -0.1) is 0 Å². The summed E-state index contributed by atoms with van der Waals surface area (Å²) in [7, 11) is 0. The van der Waals surface area contributed by atoms with Gasteiger partial charge in [0.2, 0.25) is 0 Å². The monoisotopic (exact) mass is 226 g/mol. The molecule has 0 aromatic carbocycles. The zero-order valence-corrected chi connectivity index (χ0v) is 10.7. The quantitative estimate of drug-likeness (QED) is 0.493. The second-order valence-electron chi connectivity index (χ2n) is 4.31. The average Bonchev–Trinajstić information content (AvgIpc) is 2.27. The average molecular weight is 226 g/mol. The topological polar surface area (TPSA) is 40.5 Å². The van der Waals surface area contributed by atoms with Crippen molar-refractivity contribution < 1.29 is 10.2 Å². The van der Waals surface area contributed by atoms with Gasteiger partial charge in [-0.05, 0) is 25.7 Å². The first-order chi connectivity index (χ1) is 7.70. The number of aliphatic hydroxyl groups is 2. The van der Waals surface area contributed by atoms with Crippen LogP contribution in [-0.4, -0.2) is 22.4 Å². The summed E-state index contributed by atoms with van der Waals surface area (Å²) in [4.78, 5) is 0. The van der Waals surface area contributed by atoms with E-state index in [0.29, 0.717) is 0 Å². The van der Waals surface area contributed by atoms with Crippen LogP contribution < -0.4 is 0 Å². The zero-order chi connectivity index (χ0) is 12.2. The molecule has 0 saturated carbocycles. The Morgan fingerprint density at radius 3 is 1.44 bits per heavy atom. The molecule has 0 aliphatic rings. The summed E-state index contributed by atoms with van der Waals surface area (Å²) in [6, 6.07) is 0. The van der Waals surface area contributed by atoms with Crippen molar-refractivity contribution in [1.82, 2.24) is 0 Å². The third-order valence-corrected chi connectivity index (χ3v) is 2.58. The molecule has 0 aliphatic heterocycles. The molecular formula is C14H26O2. The molecule has 0 aliphatic carbocycles. The van der Waals surface area contributed by atoms with E-state index in [2.05, 4.69) is 25.7 Å². The van der Waals surface area contributed by atoms with Gasteiger partial charge >= 0.3 is 0 Å². The highest BCUT2D eigenvalue weighted by atomic mass is 16.3. The van der Waals surface area contributed by atoms with E-state index in [4.69, 9.17) is 0 Å². The van der Waals surface area contributed by atoms with Crippen LogP contribution in [0.3, 0.4) is 0 Å². The molecule has 0 heterocycles. The van der Waals surface area contributed by atoms with E-state index in [9.17, 15) is 10.2 Å². The molecule has 0 aromatic heterocycles. The minimum atomic E-state index is -0.563. The molecule has 94 valence electrons. The lowest BCUT2D eigenvalue weighted by atomic mass is 10.1. The second kappa shape index (κ2) is 11.0. The van der Waals surface area contributed by atoms with Crippen LogP contribution in [0.25, 0.3) is 0 Å². The molecule has 0 saturated heterocycles. The van der Waals surface area contributed by atoms with Gasteiger partial charge < -0.3 is 10.2 Å². The van der Waals surface area contributed by atoms with E-state index in [1.807, 2.05) is 0 Å². The van der Waals surface area contributed by atoms with E-state index >= 15 is 0 Å². The minimum absolute atomic E-state index is 0.563. The summed E-state index contributed by atoms with van der Waals surface area (Å²) in [5.41, 5.74) is 0. The SMILES string of the molecule is CCCCC[C@H](O)C#C[C@@H](O)CCCCC. The lowest BCUT2D eigenvalue weighted by Gasteiger charge is -2.04. The Labute approximate surface area is 100 Å². The van der Waals surface area contributed by atoms with Crippen LogP contribution in [-0.2, 0) is 0 Å². The van der Waals surface area contributed by atoms with E-state index in [-0.39, 0.29) is 0 Å².